The molecule has 1 atom stereocenters. The van der Waals surface area contributed by atoms with E-state index in [4.69, 9.17) is 4.74 Å². The van der Waals surface area contributed by atoms with E-state index < -0.39 is 9.84 Å². The summed E-state index contributed by atoms with van der Waals surface area (Å²) in [5.74, 6) is 1.10. The van der Waals surface area contributed by atoms with Crippen molar-refractivity contribution in [2.45, 2.75) is 19.8 Å². The lowest BCUT2D eigenvalue weighted by atomic mass is 10.0. The molecule has 1 heterocycles. The molecule has 0 spiro atoms. The summed E-state index contributed by atoms with van der Waals surface area (Å²) in [7, 11) is -1.19. The van der Waals surface area contributed by atoms with Gasteiger partial charge >= 0.3 is 0 Å². The van der Waals surface area contributed by atoms with E-state index in [-0.39, 0.29) is 23.3 Å². The molecule has 1 aromatic rings. The highest BCUT2D eigenvalue weighted by Gasteiger charge is 2.30. The van der Waals surface area contributed by atoms with Gasteiger partial charge in [0.05, 0.1) is 18.1 Å². The second kappa shape index (κ2) is 7.13. The molecule has 5 nitrogen and oxygen atoms in total. The third-order valence-corrected chi connectivity index (χ3v) is 5.77. The van der Waals surface area contributed by atoms with Gasteiger partial charge in [-0.2, -0.15) is 0 Å². The van der Waals surface area contributed by atoms with E-state index in [2.05, 4.69) is 0 Å². The van der Waals surface area contributed by atoms with Crippen molar-refractivity contribution in [2.24, 2.45) is 5.92 Å². The maximum absolute atomic E-state index is 12.1. The molecule has 0 aliphatic carbocycles. The first kappa shape index (κ1) is 16.8. The number of benzene rings is 1. The van der Waals surface area contributed by atoms with Gasteiger partial charge in [0, 0.05) is 13.5 Å². The lowest BCUT2D eigenvalue weighted by Crippen LogP contribution is -2.32. The molecule has 1 fully saturated rings. The van der Waals surface area contributed by atoms with Crippen LogP contribution in [-0.2, 0) is 14.6 Å². The molecular weight excluding hydrogens is 302 g/mol. The number of nitrogens with zero attached hydrogens (tertiary/aromatic N) is 1. The fourth-order valence-corrected chi connectivity index (χ4v) is 4.36. The van der Waals surface area contributed by atoms with Crippen LogP contribution in [0.4, 0.5) is 0 Å². The van der Waals surface area contributed by atoms with Crippen molar-refractivity contribution in [3.8, 4) is 5.75 Å². The highest BCUT2D eigenvalue weighted by molar-refractivity contribution is 7.91. The smallest absolute Gasteiger partial charge is 0.222 e. The number of likely N-dealkylation sites (N-methyl/N-ethyl adjacent to an activating group) is 1. The topological polar surface area (TPSA) is 63.7 Å². The van der Waals surface area contributed by atoms with Crippen molar-refractivity contribution in [3.63, 3.8) is 0 Å². The van der Waals surface area contributed by atoms with E-state index >= 15 is 0 Å². The minimum Gasteiger partial charge on any atom is -0.492 e. The molecule has 122 valence electrons. The highest BCUT2D eigenvalue weighted by Crippen LogP contribution is 2.22. The Bertz CT molecular complexity index is 610. The van der Waals surface area contributed by atoms with Gasteiger partial charge in [0.15, 0.2) is 9.84 Å². The summed E-state index contributed by atoms with van der Waals surface area (Å²) in [6, 6.07) is 7.76. The number of sulfone groups is 1. The van der Waals surface area contributed by atoms with Gasteiger partial charge in [-0.15, -0.1) is 0 Å². The second-order valence-corrected chi connectivity index (χ2v) is 8.18. The molecule has 0 aromatic heterocycles. The Hall–Kier alpha value is -1.56. The number of rotatable bonds is 6. The van der Waals surface area contributed by atoms with Crippen molar-refractivity contribution < 1.29 is 17.9 Å². The monoisotopic (exact) mass is 325 g/mol. The molecule has 0 bridgehead atoms. The van der Waals surface area contributed by atoms with E-state index in [1.54, 1.807) is 11.9 Å². The van der Waals surface area contributed by atoms with Gasteiger partial charge in [-0.25, -0.2) is 8.42 Å². The summed E-state index contributed by atoms with van der Waals surface area (Å²) in [6.45, 7) is 2.93. The molecule has 1 amide bonds. The van der Waals surface area contributed by atoms with Crippen LogP contribution < -0.4 is 4.74 Å². The molecule has 1 saturated heterocycles. The standard InChI is InChI=1S/C16H23NO4S/c1-13-3-5-15(6-4-13)21-9-8-17(2)16(18)11-14-7-10-22(19,20)12-14/h3-6,14H,7-12H2,1-2H3. The molecule has 0 saturated carbocycles. The molecule has 1 aromatic carbocycles. The largest absolute Gasteiger partial charge is 0.492 e. The summed E-state index contributed by atoms with van der Waals surface area (Å²) in [6.07, 6.45) is 0.905. The minimum atomic E-state index is -2.92. The van der Waals surface area contributed by atoms with E-state index in [1.165, 1.54) is 5.56 Å². The van der Waals surface area contributed by atoms with Crippen molar-refractivity contribution in [3.05, 3.63) is 29.8 Å². The fourth-order valence-electron chi connectivity index (χ4n) is 2.50. The Labute approximate surface area is 132 Å². The van der Waals surface area contributed by atoms with Gasteiger partial charge < -0.3 is 9.64 Å². The Kier molecular flexibility index (Phi) is 5.45. The van der Waals surface area contributed by atoms with Crippen LogP contribution in [0.25, 0.3) is 0 Å². The van der Waals surface area contributed by atoms with Crippen LogP contribution >= 0.6 is 0 Å². The number of aryl methyl sites for hydroxylation is 1. The SMILES string of the molecule is Cc1ccc(OCCN(C)C(=O)CC2CCS(=O)(=O)C2)cc1. The fraction of sp³-hybridized carbons (Fsp3) is 0.562. The van der Waals surface area contributed by atoms with E-state index in [0.29, 0.717) is 26.0 Å². The normalized spacial score (nSPS) is 19.8. The maximum atomic E-state index is 12.1. The van der Waals surface area contributed by atoms with Crippen LogP contribution in [0.5, 0.6) is 5.75 Å². The van der Waals surface area contributed by atoms with Gasteiger partial charge in [-0.3, -0.25) is 4.79 Å². The molecule has 1 unspecified atom stereocenters. The van der Waals surface area contributed by atoms with E-state index in [0.717, 1.165) is 5.75 Å². The first-order valence-electron chi connectivity index (χ1n) is 7.49. The number of carbonyl (C=O) groups excluding carboxylic acids is 1. The van der Waals surface area contributed by atoms with Gasteiger partial charge in [0.1, 0.15) is 12.4 Å². The van der Waals surface area contributed by atoms with Crippen LogP contribution in [0.15, 0.2) is 24.3 Å². The minimum absolute atomic E-state index is 0.0189. The third-order valence-electron chi connectivity index (χ3n) is 3.93. The van der Waals surface area contributed by atoms with Gasteiger partial charge in [-0.05, 0) is 31.4 Å². The predicted molar refractivity (Wildman–Crippen MR) is 85.7 cm³/mol. The first-order valence-corrected chi connectivity index (χ1v) is 9.32. The summed E-state index contributed by atoms with van der Waals surface area (Å²) >= 11 is 0. The Balaban J connectivity index is 1.71. The van der Waals surface area contributed by atoms with Crippen molar-refractivity contribution in [1.29, 1.82) is 0 Å². The molecule has 1 aliphatic heterocycles. The summed E-state index contributed by atoms with van der Waals surface area (Å²) in [5.41, 5.74) is 1.17. The Morgan fingerprint density at radius 3 is 2.59 bits per heavy atom. The summed E-state index contributed by atoms with van der Waals surface area (Å²) in [5, 5.41) is 0. The number of hydrogen-bond acceptors (Lipinski definition) is 4. The molecule has 0 N–H and O–H groups in total. The summed E-state index contributed by atoms with van der Waals surface area (Å²) in [4.78, 5) is 13.7. The Morgan fingerprint density at radius 2 is 2.00 bits per heavy atom. The number of ether oxygens (including phenoxy) is 1. The van der Waals surface area contributed by atoms with E-state index in [1.807, 2.05) is 31.2 Å². The molecule has 0 radical (unpaired) electrons. The van der Waals surface area contributed by atoms with Crippen LogP contribution in [0, 0.1) is 12.8 Å². The maximum Gasteiger partial charge on any atom is 0.222 e. The molecule has 6 heteroatoms. The van der Waals surface area contributed by atoms with Crippen molar-refractivity contribution in [1.82, 2.24) is 4.90 Å². The van der Waals surface area contributed by atoms with E-state index in [9.17, 15) is 13.2 Å². The lowest BCUT2D eigenvalue weighted by Gasteiger charge is -2.19. The second-order valence-electron chi connectivity index (χ2n) is 5.95. The lowest BCUT2D eigenvalue weighted by molar-refractivity contribution is -0.131. The van der Waals surface area contributed by atoms with Crippen LogP contribution in [0.3, 0.4) is 0 Å². The average Bonchev–Trinajstić information content (AvgIpc) is 2.80. The number of amides is 1. The third kappa shape index (κ3) is 5.02. The average molecular weight is 325 g/mol. The molecule has 22 heavy (non-hydrogen) atoms. The van der Waals surface area contributed by atoms with Crippen LogP contribution in [0.1, 0.15) is 18.4 Å². The Morgan fingerprint density at radius 1 is 1.32 bits per heavy atom. The van der Waals surface area contributed by atoms with Crippen LogP contribution in [0.2, 0.25) is 0 Å². The molecule has 1 aliphatic rings. The number of hydrogen-bond donors (Lipinski definition) is 0. The molecule has 2 rings (SSSR count). The predicted octanol–water partition coefficient (Wildman–Crippen LogP) is 1.66. The van der Waals surface area contributed by atoms with Crippen LogP contribution in [-0.4, -0.2) is 50.9 Å². The zero-order chi connectivity index (χ0) is 16.2. The van der Waals surface area contributed by atoms with Gasteiger partial charge in [0.2, 0.25) is 5.91 Å². The zero-order valence-corrected chi connectivity index (χ0v) is 13.9. The quantitative estimate of drug-likeness (QED) is 0.798. The summed E-state index contributed by atoms with van der Waals surface area (Å²) < 4.78 is 28.4. The number of carbonyl (C=O) groups is 1. The van der Waals surface area contributed by atoms with Gasteiger partial charge in [0.25, 0.3) is 0 Å². The zero-order valence-electron chi connectivity index (χ0n) is 13.1. The first-order chi connectivity index (χ1) is 10.4. The highest BCUT2D eigenvalue weighted by atomic mass is 32.2. The van der Waals surface area contributed by atoms with Crippen molar-refractivity contribution in [2.75, 3.05) is 31.7 Å². The van der Waals surface area contributed by atoms with Gasteiger partial charge in [-0.1, -0.05) is 17.7 Å². The molecular formula is C16H23NO4S. The van der Waals surface area contributed by atoms with Crippen molar-refractivity contribution >= 4 is 15.7 Å².